The highest BCUT2D eigenvalue weighted by Gasteiger charge is 2.22. The first-order valence-electron chi connectivity index (χ1n) is 42.2. The molecular formula is C100H140N12S4+8. The van der Waals surface area contributed by atoms with E-state index in [1.807, 2.05) is 0 Å². The van der Waals surface area contributed by atoms with Crippen LogP contribution in [0.4, 0.5) is 22.7 Å². The Balaban J connectivity index is 0.000000268. The van der Waals surface area contributed by atoms with Crippen molar-refractivity contribution in [2.45, 2.75) is 77.5 Å². The van der Waals surface area contributed by atoms with Crippen LogP contribution >= 0.6 is 43.2 Å². The quantitative estimate of drug-likeness (QED) is 0.0161. The Hall–Kier alpha value is -8.16. The molecule has 0 saturated heterocycles. The number of nitrogens with zero attached hydrogens (tertiary/aromatic N) is 12. The number of aromatic nitrogens is 4. The van der Waals surface area contributed by atoms with E-state index in [4.69, 9.17) is 0 Å². The van der Waals surface area contributed by atoms with Gasteiger partial charge in [-0.3, -0.25) is 0 Å². The smallest absolute Gasteiger partial charge is 0.205 e. The predicted octanol–water partition coefficient (Wildman–Crippen LogP) is 19.4. The van der Waals surface area contributed by atoms with Crippen molar-refractivity contribution in [3.8, 4) is 0 Å². The summed E-state index contributed by atoms with van der Waals surface area (Å²) in [5.41, 5.74) is 14.9. The standard InChI is InChI=1S/C54H72N6S2.C46H68N6S2/c1-55(2)53-33-29-45(49-23-9-11-25-51(49)53)27-31-47-21-13-15-35-57(47)37-17-19-39-59(5,6)41-43-61-62-44-42-60(7,8)40-20-18-38-58-36-16-14-22-48(58)32-28-46-30-34-54(56(3)4)52-26-12-10-24-50(46)52;1-47(2)43-25-19-41(20-26-43)23-29-45-17-9-11-31-49(45)33-13-15-35-51(5,6)37-39-53-54-40-38-52(7,8)36-16-14-34-50-32-12-10-18-46(50)30-24-42-21-27-44(28-22-42)48(3)4/h9-16,21-36H,17-20,37-44H2,1-8H3;9-12,17-32H,13-16,33-40H2,1-8H3/q2*+4. The van der Waals surface area contributed by atoms with Crippen LogP contribution in [0.2, 0.25) is 0 Å². The molecule has 10 aromatic rings. The number of anilines is 4. The number of benzene rings is 6. The lowest BCUT2D eigenvalue weighted by molar-refractivity contribution is -0.888. The second kappa shape index (κ2) is 46.8. The van der Waals surface area contributed by atoms with E-state index in [9.17, 15) is 0 Å². The van der Waals surface area contributed by atoms with Crippen LogP contribution in [0.1, 0.15) is 96.4 Å². The van der Waals surface area contributed by atoms with Gasteiger partial charge in [-0.2, -0.15) is 18.3 Å². The van der Waals surface area contributed by atoms with Crippen molar-refractivity contribution in [1.82, 2.24) is 0 Å². The highest BCUT2D eigenvalue weighted by Crippen LogP contribution is 2.32. The molecule has 0 atom stereocenters. The van der Waals surface area contributed by atoms with Crippen LogP contribution in [0.3, 0.4) is 0 Å². The van der Waals surface area contributed by atoms with E-state index in [0.717, 1.165) is 44.1 Å². The lowest BCUT2D eigenvalue weighted by Crippen LogP contribution is -2.43. The van der Waals surface area contributed by atoms with Crippen LogP contribution in [-0.2, 0) is 26.2 Å². The first-order chi connectivity index (χ1) is 55.8. The van der Waals surface area contributed by atoms with Gasteiger partial charge >= 0.3 is 0 Å². The van der Waals surface area contributed by atoms with E-state index in [1.165, 1.54) is 216 Å². The molecule has 12 nitrogen and oxygen atoms in total. The minimum absolute atomic E-state index is 1.04. The zero-order valence-corrected chi connectivity index (χ0v) is 76.6. The molecule has 0 unspecified atom stereocenters. The number of fused-ring (bicyclic) bond motifs is 2. The fourth-order valence-electron chi connectivity index (χ4n) is 14.7. The summed E-state index contributed by atoms with van der Waals surface area (Å²) in [6.07, 6.45) is 36.6. The molecule has 4 heterocycles. The largest absolute Gasteiger partial charge is 0.378 e. The summed E-state index contributed by atoms with van der Waals surface area (Å²) in [6, 6.07) is 69.9. The van der Waals surface area contributed by atoms with Crippen LogP contribution in [0.5, 0.6) is 0 Å². The van der Waals surface area contributed by atoms with Crippen molar-refractivity contribution in [2.24, 2.45) is 0 Å². The summed E-state index contributed by atoms with van der Waals surface area (Å²) in [7, 11) is 44.2. The molecule has 0 amide bonds. The minimum Gasteiger partial charge on any atom is -0.378 e. The summed E-state index contributed by atoms with van der Waals surface area (Å²) < 4.78 is 13.9. The molecule has 0 aliphatic rings. The SMILES string of the molecule is CN(C)c1ccc(/C=C/c2cccc[n+]2CCCC[N+](C)(C)CCSSCC[N+](C)(C)CCCC[n+]2ccccc2/C=C/c2ccc(N(C)C)c3ccccc23)c2ccccc12.CN(C)c1ccc(/C=C/c2cccc[n+]2CCCC[N+](C)(C)CCSSCC[N+](C)(C)CCCC[n+]2ccccc2/C=C/c2ccc(N(C)C)cc2)cc1. The number of hydrogen-bond acceptors (Lipinski definition) is 8. The number of hydrogen-bond donors (Lipinski definition) is 0. The fourth-order valence-corrected chi connectivity index (χ4v) is 19.7. The molecule has 0 N–H and O–H groups in total. The average molecular weight is 1640 g/mol. The van der Waals surface area contributed by atoms with Crippen molar-refractivity contribution in [3.05, 3.63) is 264 Å². The fraction of sp³-hybridized carbons (Fsp3) is 0.400. The molecule has 0 aliphatic carbocycles. The third-order valence-corrected chi connectivity index (χ3v) is 27.0. The first-order valence-corrected chi connectivity index (χ1v) is 47.2. The van der Waals surface area contributed by atoms with Crippen LogP contribution in [0.25, 0.3) is 70.2 Å². The first kappa shape index (κ1) is 91.7. The van der Waals surface area contributed by atoms with Gasteiger partial charge in [0.15, 0.2) is 24.8 Å². The molecule has 6 aromatic carbocycles. The maximum absolute atomic E-state index is 2.41. The normalized spacial score (nSPS) is 12.3. The average Bonchev–Trinajstić information content (AvgIpc) is 0.799. The van der Waals surface area contributed by atoms with Gasteiger partial charge in [0.2, 0.25) is 22.8 Å². The van der Waals surface area contributed by atoms with Gasteiger partial charge in [-0.15, -0.1) is 0 Å². The maximum Gasteiger partial charge on any atom is 0.205 e. The molecule has 116 heavy (non-hydrogen) atoms. The van der Waals surface area contributed by atoms with Crippen molar-refractivity contribution < 1.29 is 36.2 Å². The minimum atomic E-state index is 1.04. The lowest BCUT2D eigenvalue weighted by atomic mass is 10.0. The van der Waals surface area contributed by atoms with E-state index < -0.39 is 0 Å². The van der Waals surface area contributed by atoms with Crippen molar-refractivity contribution in [2.75, 3.05) is 208 Å². The zero-order valence-electron chi connectivity index (χ0n) is 73.4. The zero-order chi connectivity index (χ0) is 82.8. The maximum atomic E-state index is 2.41. The van der Waals surface area contributed by atoms with E-state index in [-0.39, 0.29) is 0 Å². The molecule has 16 heteroatoms. The molecule has 0 radical (unpaired) electrons. The summed E-state index contributed by atoms with van der Waals surface area (Å²) in [5, 5.41) is 5.16. The Kier molecular flexibility index (Phi) is 37.0. The summed E-state index contributed by atoms with van der Waals surface area (Å²) >= 11 is 0. The predicted molar refractivity (Wildman–Crippen MR) is 514 cm³/mol. The monoisotopic (exact) mass is 1640 g/mol. The number of quaternary nitrogens is 4. The lowest BCUT2D eigenvalue weighted by Gasteiger charge is -2.30. The highest BCUT2D eigenvalue weighted by molar-refractivity contribution is 8.77. The molecule has 0 spiro atoms. The van der Waals surface area contributed by atoms with Gasteiger partial charge in [0, 0.05) is 214 Å². The van der Waals surface area contributed by atoms with Gasteiger partial charge in [-0.05, 0) is 118 Å². The molecule has 616 valence electrons. The Labute approximate surface area is 716 Å². The highest BCUT2D eigenvalue weighted by atomic mass is 33.1. The van der Waals surface area contributed by atoms with Crippen molar-refractivity contribution in [3.63, 3.8) is 0 Å². The Morgan fingerprint density at radius 3 is 0.776 bits per heavy atom. The van der Waals surface area contributed by atoms with E-state index >= 15 is 0 Å². The number of pyridine rings is 4. The summed E-state index contributed by atoms with van der Waals surface area (Å²) in [5.74, 6) is 4.80. The van der Waals surface area contributed by atoms with Gasteiger partial charge in [0.05, 0.1) is 132 Å². The van der Waals surface area contributed by atoms with E-state index in [0.29, 0.717) is 0 Å². The summed E-state index contributed by atoms with van der Waals surface area (Å²) in [6.45, 7) is 13.9. The number of aryl methyl sites for hydroxylation is 4. The van der Waals surface area contributed by atoms with Gasteiger partial charge < -0.3 is 37.5 Å². The van der Waals surface area contributed by atoms with Crippen LogP contribution < -0.4 is 37.9 Å². The van der Waals surface area contributed by atoms with Gasteiger partial charge in [-0.25, -0.2) is 0 Å². The van der Waals surface area contributed by atoms with Gasteiger partial charge in [0.1, 0.15) is 26.2 Å². The Morgan fingerprint density at radius 1 is 0.250 bits per heavy atom. The second-order valence-corrected chi connectivity index (χ2v) is 39.9. The Bertz CT molecular complexity index is 4440. The van der Waals surface area contributed by atoms with Crippen molar-refractivity contribution >= 4 is 136 Å². The molecule has 0 saturated carbocycles. The van der Waals surface area contributed by atoms with Gasteiger partial charge in [-0.1, -0.05) is 128 Å². The molecule has 4 aromatic heterocycles. The third-order valence-electron chi connectivity index (χ3n) is 22.3. The van der Waals surface area contributed by atoms with Crippen molar-refractivity contribution in [1.29, 1.82) is 0 Å². The number of unbranched alkanes of at least 4 members (excludes halogenated alkanes) is 4. The number of rotatable bonds is 46. The van der Waals surface area contributed by atoms with Crippen LogP contribution in [0, 0.1) is 0 Å². The molecular weight excluding hydrogens is 1500 g/mol. The molecule has 0 bridgehead atoms. The van der Waals surface area contributed by atoms with E-state index in [2.05, 4.69) is 461 Å². The third kappa shape index (κ3) is 31.0. The molecule has 10 rings (SSSR count). The topological polar surface area (TPSA) is 28.5 Å². The van der Waals surface area contributed by atoms with Crippen LogP contribution in [0.15, 0.2) is 219 Å². The van der Waals surface area contributed by atoms with Gasteiger partial charge in [0.25, 0.3) is 0 Å². The molecule has 0 aliphatic heterocycles. The van der Waals surface area contributed by atoms with E-state index in [1.54, 1.807) is 0 Å². The van der Waals surface area contributed by atoms with Crippen LogP contribution in [-0.4, -0.2) is 206 Å². The summed E-state index contributed by atoms with van der Waals surface area (Å²) in [4.78, 5) is 8.65. The second-order valence-electron chi connectivity index (χ2n) is 34.5. The Morgan fingerprint density at radius 2 is 0.509 bits per heavy atom. The molecule has 0 fully saturated rings.